The van der Waals surface area contributed by atoms with Crippen LogP contribution in [0.5, 0.6) is 0 Å². The number of hydrogen-bond acceptors (Lipinski definition) is 3. The van der Waals surface area contributed by atoms with Gasteiger partial charge in [0.15, 0.2) is 0 Å². The molecule has 2 heterocycles. The molecule has 1 aliphatic heterocycles. The van der Waals surface area contributed by atoms with E-state index in [4.69, 9.17) is 4.42 Å². The quantitative estimate of drug-likeness (QED) is 0.762. The standard InChI is InChI=1S/C26H30N2O3/c1-16(29)28-6-5-23-21(15-28)11-24(31-23)20-3-2-4-22(10-20)27-25(30)26-12-17-7-18(13-26)9-19(8-17)14-26/h2-4,10-11,17-19H,5-9,12-15H2,1H3,(H,27,30). The molecule has 0 saturated heterocycles. The number of hydrogen-bond donors (Lipinski definition) is 1. The lowest BCUT2D eigenvalue weighted by Gasteiger charge is -2.55. The van der Waals surface area contributed by atoms with Crippen molar-refractivity contribution in [3.8, 4) is 11.3 Å². The number of carbonyl (C=O) groups excluding carboxylic acids is 2. The first-order valence-corrected chi connectivity index (χ1v) is 11.8. The van der Waals surface area contributed by atoms with Crippen LogP contribution in [0, 0.1) is 23.2 Å². The van der Waals surface area contributed by atoms with E-state index >= 15 is 0 Å². The van der Waals surface area contributed by atoms with E-state index in [1.54, 1.807) is 6.92 Å². The van der Waals surface area contributed by atoms with E-state index in [0.717, 1.165) is 71.8 Å². The molecule has 5 heteroatoms. The molecule has 0 spiro atoms. The minimum atomic E-state index is -0.148. The van der Waals surface area contributed by atoms with E-state index in [9.17, 15) is 9.59 Å². The Hall–Kier alpha value is -2.56. The highest BCUT2D eigenvalue weighted by molar-refractivity contribution is 5.96. The van der Waals surface area contributed by atoms with Gasteiger partial charge in [0, 0.05) is 43.2 Å². The summed E-state index contributed by atoms with van der Waals surface area (Å²) < 4.78 is 6.13. The van der Waals surface area contributed by atoms with Crippen molar-refractivity contribution in [3.63, 3.8) is 0 Å². The molecule has 4 fully saturated rings. The molecule has 0 unspecified atom stereocenters. The fourth-order valence-electron chi connectivity index (χ4n) is 7.15. The Labute approximate surface area is 183 Å². The molecule has 31 heavy (non-hydrogen) atoms. The zero-order chi connectivity index (χ0) is 21.2. The summed E-state index contributed by atoms with van der Waals surface area (Å²) >= 11 is 0. The molecular formula is C26H30N2O3. The van der Waals surface area contributed by atoms with Gasteiger partial charge in [-0.05, 0) is 74.5 Å². The molecule has 4 saturated carbocycles. The molecule has 5 nitrogen and oxygen atoms in total. The van der Waals surface area contributed by atoms with Crippen LogP contribution in [-0.4, -0.2) is 23.3 Å². The first-order valence-electron chi connectivity index (χ1n) is 11.8. The van der Waals surface area contributed by atoms with Crippen molar-refractivity contribution >= 4 is 17.5 Å². The van der Waals surface area contributed by atoms with Crippen molar-refractivity contribution in [3.05, 3.63) is 41.7 Å². The van der Waals surface area contributed by atoms with Gasteiger partial charge >= 0.3 is 0 Å². The van der Waals surface area contributed by atoms with Crippen molar-refractivity contribution in [1.29, 1.82) is 0 Å². The maximum atomic E-state index is 13.4. The first-order chi connectivity index (χ1) is 15.0. The summed E-state index contributed by atoms with van der Waals surface area (Å²) in [6, 6.07) is 10.0. The topological polar surface area (TPSA) is 62.6 Å². The van der Waals surface area contributed by atoms with Gasteiger partial charge in [-0.15, -0.1) is 0 Å². The van der Waals surface area contributed by atoms with Crippen LogP contribution in [0.1, 0.15) is 56.8 Å². The fraction of sp³-hybridized carbons (Fsp3) is 0.538. The third kappa shape index (κ3) is 3.29. The predicted octanol–water partition coefficient (Wildman–Crippen LogP) is 5.01. The SMILES string of the molecule is CC(=O)N1CCc2oc(-c3cccc(NC(=O)C45CC6CC(CC(C6)C4)C5)c3)cc2C1. The number of nitrogens with one attached hydrogen (secondary N) is 1. The van der Waals surface area contributed by atoms with Gasteiger partial charge in [0.05, 0.1) is 5.41 Å². The number of benzene rings is 1. The summed E-state index contributed by atoms with van der Waals surface area (Å²) in [6.45, 7) is 2.93. The lowest BCUT2D eigenvalue weighted by atomic mass is 9.49. The lowest BCUT2D eigenvalue weighted by Crippen LogP contribution is -2.51. The summed E-state index contributed by atoms with van der Waals surface area (Å²) in [5, 5.41) is 3.26. The second-order valence-electron chi connectivity index (χ2n) is 10.5. The van der Waals surface area contributed by atoms with Gasteiger partial charge < -0.3 is 14.6 Å². The number of anilines is 1. The van der Waals surface area contributed by atoms with Crippen LogP contribution in [0.2, 0.25) is 0 Å². The van der Waals surface area contributed by atoms with Crippen LogP contribution < -0.4 is 5.32 Å². The van der Waals surface area contributed by atoms with Gasteiger partial charge in [-0.3, -0.25) is 9.59 Å². The predicted molar refractivity (Wildman–Crippen MR) is 118 cm³/mol. The van der Waals surface area contributed by atoms with E-state index in [2.05, 4.69) is 5.32 Å². The van der Waals surface area contributed by atoms with Gasteiger partial charge in [-0.25, -0.2) is 0 Å². The van der Waals surface area contributed by atoms with Gasteiger partial charge in [-0.2, -0.15) is 0 Å². The summed E-state index contributed by atoms with van der Waals surface area (Å²) in [5.41, 5.74) is 2.74. The van der Waals surface area contributed by atoms with Crippen molar-refractivity contribution < 1.29 is 14.0 Å². The number of carbonyl (C=O) groups is 2. The monoisotopic (exact) mass is 418 g/mol. The van der Waals surface area contributed by atoms with Crippen LogP contribution in [-0.2, 0) is 22.6 Å². The molecule has 4 bridgehead atoms. The summed E-state index contributed by atoms with van der Waals surface area (Å²) in [6.07, 6.45) is 7.98. The molecule has 5 aliphatic rings. The Bertz CT molecular complexity index is 1020. The van der Waals surface area contributed by atoms with E-state index in [1.165, 1.54) is 19.3 Å². The van der Waals surface area contributed by atoms with E-state index in [-0.39, 0.29) is 17.2 Å². The number of furan rings is 1. The number of nitrogens with zero attached hydrogens (tertiary/aromatic N) is 1. The minimum Gasteiger partial charge on any atom is -0.461 e. The molecule has 2 aromatic rings. The Kier molecular flexibility index (Phi) is 4.31. The fourth-order valence-corrected chi connectivity index (χ4v) is 7.15. The number of rotatable bonds is 3. The van der Waals surface area contributed by atoms with Crippen LogP contribution in [0.25, 0.3) is 11.3 Å². The maximum Gasteiger partial charge on any atom is 0.230 e. The highest BCUT2D eigenvalue weighted by atomic mass is 16.3. The lowest BCUT2D eigenvalue weighted by molar-refractivity contribution is -0.140. The van der Waals surface area contributed by atoms with Gasteiger partial charge in [0.25, 0.3) is 0 Å². The molecule has 1 aromatic heterocycles. The Morgan fingerprint density at radius 1 is 1.06 bits per heavy atom. The van der Waals surface area contributed by atoms with Crippen molar-refractivity contribution in [2.75, 3.05) is 11.9 Å². The van der Waals surface area contributed by atoms with Crippen molar-refractivity contribution in [1.82, 2.24) is 4.90 Å². The minimum absolute atomic E-state index is 0.0998. The average Bonchev–Trinajstić information content (AvgIpc) is 3.16. The van der Waals surface area contributed by atoms with E-state index in [0.29, 0.717) is 13.1 Å². The van der Waals surface area contributed by atoms with Crippen LogP contribution in [0.4, 0.5) is 5.69 Å². The van der Waals surface area contributed by atoms with Crippen LogP contribution in [0.15, 0.2) is 34.7 Å². The molecule has 162 valence electrons. The normalized spacial score (nSPS) is 30.9. The second-order valence-corrected chi connectivity index (χ2v) is 10.5. The third-order valence-electron chi connectivity index (χ3n) is 8.24. The molecule has 1 N–H and O–H groups in total. The maximum absolute atomic E-state index is 13.4. The van der Waals surface area contributed by atoms with Crippen LogP contribution in [0.3, 0.4) is 0 Å². The summed E-state index contributed by atoms with van der Waals surface area (Å²) in [7, 11) is 0. The zero-order valence-corrected chi connectivity index (χ0v) is 18.2. The van der Waals surface area contributed by atoms with Gasteiger partial charge in [0.1, 0.15) is 11.5 Å². The third-order valence-corrected chi connectivity index (χ3v) is 8.24. The Morgan fingerprint density at radius 3 is 2.45 bits per heavy atom. The second kappa shape index (κ2) is 6.98. The molecule has 2 amide bonds. The van der Waals surface area contributed by atoms with Crippen molar-refractivity contribution in [2.24, 2.45) is 23.2 Å². The Morgan fingerprint density at radius 2 is 1.77 bits per heavy atom. The smallest absolute Gasteiger partial charge is 0.230 e. The number of amides is 2. The highest BCUT2D eigenvalue weighted by Gasteiger charge is 2.54. The highest BCUT2D eigenvalue weighted by Crippen LogP contribution is 2.60. The number of fused-ring (bicyclic) bond motifs is 1. The molecule has 0 radical (unpaired) electrons. The molecule has 1 aromatic carbocycles. The van der Waals surface area contributed by atoms with E-state index in [1.807, 2.05) is 35.2 Å². The Balaban J connectivity index is 1.21. The zero-order valence-electron chi connectivity index (χ0n) is 18.2. The van der Waals surface area contributed by atoms with Crippen molar-refractivity contribution in [2.45, 2.75) is 58.4 Å². The van der Waals surface area contributed by atoms with Gasteiger partial charge in [0.2, 0.25) is 11.8 Å². The molecule has 0 atom stereocenters. The molecular weight excluding hydrogens is 388 g/mol. The largest absolute Gasteiger partial charge is 0.461 e. The summed E-state index contributed by atoms with van der Waals surface area (Å²) in [5.74, 6) is 4.37. The summed E-state index contributed by atoms with van der Waals surface area (Å²) in [4.78, 5) is 27.0. The van der Waals surface area contributed by atoms with E-state index < -0.39 is 0 Å². The van der Waals surface area contributed by atoms with Gasteiger partial charge in [-0.1, -0.05) is 12.1 Å². The average molecular weight is 419 g/mol. The first kappa shape index (κ1) is 19.1. The molecule has 4 aliphatic carbocycles. The van der Waals surface area contributed by atoms with Crippen LogP contribution >= 0.6 is 0 Å². The molecule has 7 rings (SSSR count).